The first-order chi connectivity index (χ1) is 9.58. The van der Waals surface area contributed by atoms with Gasteiger partial charge in [-0.15, -0.1) is 11.8 Å². The Kier molecular flexibility index (Phi) is 5.06. The van der Waals surface area contributed by atoms with Crippen molar-refractivity contribution in [2.75, 3.05) is 12.4 Å². The van der Waals surface area contributed by atoms with E-state index in [1.807, 2.05) is 44.2 Å². The molecular formula is C15H19NO3S. The molecule has 1 heterocycles. The van der Waals surface area contributed by atoms with E-state index in [9.17, 15) is 9.59 Å². The molecule has 2 amide bonds. The normalized spacial score (nSPS) is 18.4. The van der Waals surface area contributed by atoms with Gasteiger partial charge in [-0.1, -0.05) is 44.2 Å². The van der Waals surface area contributed by atoms with Crippen molar-refractivity contribution in [1.29, 1.82) is 0 Å². The molecule has 5 heteroatoms. The van der Waals surface area contributed by atoms with Gasteiger partial charge in [-0.2, -0.15) is 0 Å². The Hall–Kier alpha value is -1.49. The van der Waals surface area contributed by atoms with Gasteiger partial charge in [-0.05, 0) is 17.2 Å². The highest BCUT2D eigenvalue weighted by atomic mass is 32.2. The van der Waals surface area contributed by atoms with Crippen molar-refractivity contribution in [3.05, 3.63) is 35.9 Å². The van der Waals surface area contributed by atoms with Gasteiger partial charge in [0.2, 0.25) is 5.91 Å². The fraction of sp³-hybridized carbons (Fsp3) is 0.467. The van der Waals surface area contributed by atoms with Crippen LogP contribution in [0.1, 0.15) is 19.4 Å². The van der Waals surface area contributed by atoms with Gasteiger partial charge in [0, 0.05) is 0 Å². The zero-order valence-corrected chi connectivity index (χ0v) is 12.6. The third kappa shape index (κ3) is 3.76. The van der Waals surface area contributed by atoms with Crippen LogP contribution in [0.5, 0.6) is 0 Å². The second-order valence-electron chi connectivity index (χ2n) is 5.04. The van der Waals surface area contributed by atoms with Crippen molar-refractivity contribution in [1.82, 2.24) is 4.90 Å². The summed E-state index contributed by atoms with van der Waals surface area (Å²) in [5.41, 5.74) is 1.10. The van der Waals surface area contributed by atoms with Gasteiger partial charge in [0.25, 0.3) is 0 Å². The molecule has 1 saturated heterocycles. The van der Waals surface area contributed by atoms with Crippen LogP contribution < -0.4 is 0 Å². The van der Waals surface area contributed by atoms with E-state index in [-0.39, 0.29) is 18.6 Å². The van der Waals surface area contributed by atoms with Crippen LogP contribution in [0.4, 0.5) is 4.79 Å². The molecule has 1 atom stereocenters. The van der Waals surface area contributed by atoms with Crippen LogP contribution in [0.3, 0.4) is 0 Å². The number of hydrogen-bond donors (Lipinski definition) is 0. The molecule has 0 bridgehead atoms. The summed E-state index contributed by atoms with van der Waals surface area (Å²) >= 11 is 1.54. The molecule has 1 aliphatic rings. The summed E-state index contributed by atoms with van der Waals surface area (Å²) in [6.07, 6.45) is 0.130. The Bertz CT molecular complexity index is 475. The maximum atomic E-state index is 12.2. The van der Waals surface area contributed by atoms with Crippen molar-refractivity contribution in [3.8, 4) is 0 Å². The van der Waals surface area contributed by atoms with E-state index in [4.69, 9.17) is 4.74 Å². The smallest absolute Gasteiger partial charge is 0.417 e. The molecule has 108 valence electrons. The summed E-state index contributed by atoms with van der Waals surface area (Å²) in [6.45, 7) is 4.34. The first-order valence-corrected chi connectivity index (χ1v) is 7.77. The van der Waals surface area contributed by atoms with Gasteiger partial charge < -0.3 is 4.74 Å². The average Bonchev–Trinajstić information content (AvgIpc) is 2.78. The fourth-order valence-corrected chi connectivity index (χ4v) is 2.72. The first kappa shape index (κ1) is 14.9. The van der Waals surface area contributed by atoms with Crippen molar-refractivity contribution >= 4 is 23.8 Å². The fourth-order valence-electron chi connectivity index (χ4n) is 2.11. The SMILES string of the molecule is CC(C)SCC(=O)N1C(=O)OC[C@@H]1Cc1ccccc1. The predicted octanol–water partition coefficient (Wildman–Crippen LogP) is 2.72. The number of imide groups is 1. The minimum atomic E-state index is -0.514. The molecule has 1 aliphatic heterocycles. The van der Waals surface area contributed by atoms with Crippen LogP contribution >= 0.6 is 11.8 Å². The summed E-state index contributed by atoms with van der Waals surface area (Å²) in [5.74, 6) is 0.157. The van der Waals surface area contributed by atoms with Crippen LogP contribution in [0.25, 0.3) is 0 Å². The van der Waals surface area contributed by atoms with Gasteiger partial charge in [0.15, 0.2) is 0 Å². The summed E-state index contributed by atoms with van der Waals surface area (Å²) in [5, 5.41) is 0.366. The molecule has 0 N–H and O–H groups in total. The second-order valence-corrected chi connectivity index (χ2v) is 6.61. The largest absolute Gasteiger partial charge is 0.447 e. The number of thioether (sulfide) groups is 1. The van der Waals surface area contributed by atoms with Crippen LogP contribution in [0.2, 0.25) is 0 Å². The van der Waals surface area contributed by atoms with Crippen LogP contribution in [-0.4, -0.2) is 40.6 Å². The molecule has 0 aliphatic carbocycles. The maximum Gasteiger partial charge on any atom is 0.417 e. The molecule has 0 spiro atoms. The topological polar surface area (TPSA) is 46.6 Å². The predicted molar refractivity (Wildman–Crippen MR) is 79.7 cm³/mol. The monoisotopic (exact) mass is 293 g/mol. The van der Waals surface area contributed by atoms with Crippen molar-refractivity contribution in [2.45, 2.75) is 31.6 Å². The highest BCUT2D eigenvalue weighted by Crippen LogP contribution is 2.19. The Morgan fingerprint density at radius 1 is 1.40 bits per heavy atom. The molecule has 20 heavy (non-hydrogen) atoms. The molecule has 2 rings (SSSR count). The van der Waals surface area contributed by atoms with Crippen molar-refractivity contribution in [3.63, 3.8) is 0 Å². The average molecular weight is 293 g/mol. The lowest BCUT2D eigenvalue weighted by Crippen LogP contribution is -2.41. The molecule has 4 nitrogen and oxygen atoms in total. The highest BCUT2D eigenvalue weighted by molar-refractivity contribution is 8.00. The summed E-state index contributed by atoms with van der Waals surface area (Å²) in [7, 11) is 0. The number of carbonyl (C=O) groups excluding carboxylic acids is 2. The lowest BCUT2D eigenvalue weighted by Gasteiger charge is -2.19. The molecule has 1 aromatic rings. The van der Waals surface area contributed by atoms with E-state index in [0.29, 0.717) is 17.4 Å². The first-order valence-electron chi connectivity index (χ1n) is 6.72. The van der Waals surface area contributed by atoms with Crippen LogP contribution in [-0.2, 0) is 16.0 Å². The summed E-state index contributed by atoms with van der Waals surface area (Å²) < 4.78 is 5.04. The number of nitrogens with zero attached hydrogens (tertiary/aromatic N) is 1. The third-order valence-corrected chi connectivity index (χ3v) is 4.16. The van der Waals surface area contributed by atoms with E-state index < -0.39 is 6.09 Å². The number of hydrogen-bond acceptors (Lipinski definition) is 4. The molecule has 0 aromatic heterocycles. The Balaban J connectivity index is 2.01. The minimum absolute atomic E-state index is 0.160. The molecule has 0 saturated carbocycles. The number of amides is 2. The molecular weight excluding hydrogens is 274 g/mol. The Morgan fingerprint density at radius 2 is 2.10 bits per heavy atom. The summed E-state index contributed by atoms with van der Waals surface area (Å²) in [6, 6.07) is 9.65. The van der Waals surface area contributed by atoms with E-state index in [1.54, 1.807) is 0 Å². The van der Waals surface area contributed by atoms with Gasteiger partial charge in [0.05, 0.1) is 11.8 Å². The van der Waals surface area contributed by atoms with Crippen LogP contribution in [0.15, 0.2) is 30.3 Å². The van der Waals surface area contributed by atoms with Crippen molar-refractivity contribution in [2.24, 2.45) is 0 Å². The number of carbonyl (C=O) groups is 2. The lowest BCUT2D eigenvalue weighted by atomic mass is 10.1. The van der Waals surface area contributed by atoms with Gasteiger partial charge in [0.1, 0.15) is 6.61 Å². The van der Waals surface area contributed by atoms with E-state index in [1.165, 1.54) is 16.7 Å². The maximum absolute atomic E-state index is 12.2. The zero-order valence-electron chi connectivity index (χ0n) is 11.7. The minimum Gasteiger partial charge on any atom is -0.447 e. The molecule has 0 radical (unpaired) electrons. The lowest BCUT2D eigenvalue weighted by molar-refractivity contribution is -0.126. The van der Waals surface area contributed by atoms with Crippen molar-refractivity contribution < 1.29 is 14.3 Å². The second kappa shape index (κ2) is 6.79. The standard InChI is InChI=1S/C15H19NO3S/c1-11(2)20-10-14(17)16-13(9-19-15(16)18)8-12-6-4-3-5-7-12/h3-7,11,13H,8-10H2,1-2H3/t13-/m0/s1. The number of benzene rings is 1. The third-order valence-electron chi connectivity index (χ3n) is 3.08. The quantitative estimate of drug-likeness (QED) is 0.837. The van der Waals surface area contributed by atoms with Gasteiger partial charge >= 0.3 is 6.09 Å². The number of ether oxygens (including phenoxy) is 1. The molecule has 0 unspecified atom stereocenters. The van der Waals surface area contributed by atoms with E-state index in [0.717, 1.165) is 5.56 Å². The van der Waals surface area contributed by atoms with Gasteiger partial charge in [-0.25, -0.2) is 9.69 Å². The van der Waals surface area contributed by atoms with Crippen LogP contribution in [0, 0.1) is 0 Å². The van der Waals surface area contributed by atoms with Gasteiger partial charge in [-0.3, -0.25) is 4.79 Å². The Morgan fingerprint density at radius 3 is 2.75 bits per heavy atom. The highest BCUT2D eigenvalue weighted by Gasteiger charge is 2.37. The number of cyclic esters (lactones) is 1. The zero-order chi connectivity index (χ0) is 14.5. The number of rotatable bonds is 5. The Labute approximate surface area is 123 Å². The molecule has 1 aromatic carbocycles. The summed E-state index contributed by atoms with van der Waals surface area (Å²) in [4.78, 5) is 25.2. The molecule has 1 fully saturated rings. The van der Waals surface area contributed by atoms with E-state index in [2.05, 4.69) is 0 Å². The van der Waals surface area contributed by atoms with E-state index >= 15 is 0 Å².